The molecule has 6 nitrogen and oxygen atoms in total. The molecule has 2 aromatic carbocycles. The van der Waals surface area contributed by atoms with Crippen molar-refractivity contribution in [3.8, 4) is 17.2 Å². The predicted molar refractivity (Wildman–Crippen MR) is 101 cm³/mol. The minimum absolute atomic E-state index is 0.0318. The van der Waals surface area contributed by atoms with Crippen molar-refractivity contribution in [2.75, 3.05) is 0 Å². The van der Waals surface area contributed by atoms with Crippen molar-refractivity contribution in [1.82, 2.24) is 9.47 Å². The van der Waals surface area contributed by atoms with Crippen molar-refractivity contribution in [2.24, 2.45) is 4.99 Å². The maximum atomic E-state index is 13.3. The molecule has 148 valence electrons. The molecule has 0 spiro atoms. The van der Waals surface area contributed by atoms with E-state index in [1.165, 1.54) is 23.5 Å². The van der Waals surface area contributed by atoms with E-state index in [4.69, 9.17) is 0 Å². The SMILES string of the molecule is Cc1cn(-c2ccc3c(c2)OC(F)(F)O3)/c(=N/C(=O)N2Cc3ccccc3C2)s1. The number of halogens is 2. The molecule has 3 heterocycles. The number of urea groups is 1. The Bertz CT molecular complexity index is 1180. The van der Waals surface area contributed by atoms with E-state index in [0.29, 0.717) is 23.6 Å². The Morgan fingerprint density at radius 3 is 2.52 bits per heavy atom. The van der Waals surface area contributed by atoms with Crippen LogP contribution in [0.1, 0.15) is 16.0 Å². The van der Waals surface area contributed by atoms with Crippen molar-refractivity contribution >= 4 is 17.4 Å². The number of carbonyl (C=O) groups excluding carboxylic acids is 1. The molecular formula is C20H15F2N3O3S. The van der Waals surface area contributed by atoms with Gasteiger partial charge < -0.3 is 14.4 Å². The third-order valence-electron chi connectivity index (χ3n) is 4.73. The van der Waals surface area contributed by atoms with E-state index in [1.807, 2.05) is 31.2 Å². The molecule has 0 saturated heterocycles. The maximum Gasteiger partial charge on any atom is 0.586 e. The molecule has 0 unspecified atom stereocenters. The van der Waals surface area contributed by atoms with E-state index in [-0.39, 0.29) is 17.5 Å². The quantitative estimate of drug-likeness (QED) is 0.599. The molecule has 2 aliphatic rings. The Hall–Kier alpha value is -3.20. The first kappa shape index (κ1) is 17.9. The van der Waals surface area contributed by atoms with Crippen LogP contribution in [-0.4, -0.2) is 21.8 Å². The molecule has 3 aromatic rings. The van der Waals surface area contributed by atoms with Crippen LogP contribution in [0.4, 0.5) is 13.6 Å². The maximum absolute atomic E-state index is 13.3. The molecule has 0 atom stereocenters. The summed E-state index contributed by atoms with van der Waals surface area (Å²) in [6, 6.07) is 12.0. The highest BCUT2D eigenvalue weighted by molar-refractivity contribution is 7.09. The van der Waals surface area contributed by atoms with Crippen molar-refractivity contribution in [2.45, 2.75) is 26.3 Å². The highest BCUT2D eigenvalue weighted by atomic mass is 32.1. The molecule has 9 heteroatoms. The van der Waals surface area contributed by atoms with Crippen LogP contribution in [0.2, 0.25) is 0 Å². The third-order valence-corrected chi connectivity index (χ3v) is 5.63. The average molecular weight is 415 g/mol. The number of amides is 2. The van der Waals surface area contributed by atoms with Gasteiger partial charge in [0.2, 0.25) is 0 Å². The molecular weight excluding hydrogens is 400 g/mol. The predicted octanol–water partition coefficient (Wildman–Crippen LogP) is 4.21. The number of rotatable bonds is 1. The second-order valence-corrected chi connectivity index (χ2v) is 8.03. The van der Waals surface area contributed by atoms with E-state index in [2.05, 4.69) is 14.5 Å². The van der Waals surface area contributed by atoms with E-state index >= 15 is 0 Å². The smallest absolute Gasteiger partial charge is 0.395 e. The molecule has 2 aliphatic heterocycles. The van der Waals surface area contributed by atoms with Gasteiger partial charge in [0.25, 0.3) is 0 Å². The number of aryl methyl sites for hydroxylation is 1. The second kappa shape index (κ2) is 6.41. The molecule has 2 amide bonds. The van der Waals surface area contributed by atoms with Gasteiger partial charge in [-0.05, 0) is 30.2 Å². The zero-order valence-electron chi connectivity index (χ0n) is 15.3. The lowest BCUT2D eigenvalue weighted by molar-refractivity contribution is -0.286. The lowest BCUT2D eigenvalue weighted by Crippen LogP contribution is -2.26. The van der Waals surface area contributed by atoms with Gasteiger partial charge in [-0.25, -0.2) is 4.79 Å². The van der Waals surface area contributed by atoms with E-state index in [0.717, 1.165) is 16.0 Å². The average Bonchev–Trinajstić information content (AvgIpc) is 3.34. The van der Waals surface area contributed by atoms with Gasteiger partial charge in [-0.2, -0.15) is 4.99 Å². The first-order valence-corrected chi connectivity index (χ1v) is 9.69. The van der Waals surface area contributed by atoms with E-state index in [1.54, 1.807) is 21.7 Å². The summed E-state index contributed by atoms with van der Waals surface area (Å²) >= 11 is 1.34. The molecule has 0 bridgehead atoms. The van der Waals surface area contributed by atoms with Crippen LogP contribution in [0.5, 0.6) is 11.5 Å². The van der Waals surface area contributed by atoms with Gasteiger partial charge in [-0.1, -0.05) is 24.3 Å². The van der Waals surface area contributed by atoms with E-state index in [9.17, 15) is 13.6 Å². The molecule has 0 N–H and O–H groups in total. The Balaban J connectivity index is 1.47. The Morgan fingerprint density at radius 2 is 1.79 bits per heavy atom. The van der Waals surface area contributed by atoms with Gasteiger partial charge in [-0.3, -0.25) is 4.57 Å². The van der Waals surface area contributed by atoms with Crippen LogP contribution in [0.3, 0.4) is 0 Å². The van der Waals surface area contributed by atoms with Crippen LogP contribution >= 0.6 is 11.3 Å². The van der Waals surface area contributed by atoms with Gasteiger partial charge in [0.05, 0.1) is 5.69 Å². The number of aromatic nitrogens is 1. The number of nitrogens with zero attached hydrogens (tertiary/aromatic N) is 3. The summed E-state index contributed by atoms with van der Waals surface area (Å²) in [5.74, 6) is -0.0909. The molecule has 0 saturated carbocycles. The lowest BCUT2D eigenvalue weighted by atomic mass is 10.1. The molecule has 1 aromatic heterocycles. The minimum atomic E-state index is -3.68. The number of benzene rings is 2. The normalized spacial score (nSPS) is 16.9. The Morgan fingerprint density at radius 1 is 1.10 bits per heavy atom. The minimum Gasteiger partial charge on any atom is -0.395 e. The summed E-state index contributed by atoms with van der Waals surface area (Å²) in [6.07, 6.45) is -1.88. The van der Waals surface area contributed by atoms with Crippen LogP contribution in [0, 0.1) is 6.92 Å². The standard InChI is InChI=1S/C20H15F2N3O3S/c1-12-9-25(15-6-7-16-17(8-15)28-20(21,22)27-16)19(29-12)23-18(26)24-10-13-4-2-3-5-14(13)11-24/h2-9H,10-11H2,1H3/b23-19-. The summed E-state index contributed by atoms with van der Waals surface area (Å²) in [5, 5.41) is 0. The van der Waals surface area contributed by atoms with Gasteiger partial charge in [0, 0.05) is 30.2 Å². The molecule has 5 rings (SSSR count). The lowest BCUT2D eigenvalue weighted by Gasteiger charge is -2.11. The Labute approximate surface area is 168 Å². The van der Waals surface area contributed by atoms with Crippen LogP contribution < -0.4 is 14.3 Å². The summed E-state index contributed by atoms with van der Waals surface area (Å²) in [7, 11) is 0. The molecule has 0 aliphatic carbocycles. The highest BCUT2D eigenvalue weighted by Crippen LogP contribution is 2.41. The van der Waals surface area contributed by atoms with E-state index < -0.39 is 6.29 Å². The first-order valence-electron chi connectivity index (χ1n) is 8.88. The number of carbonyl (C=O) groups is 1. The topological polar surface area (TPSA) is 56.1 Å². The summed E-state index contributed by atoms with van der Waals surface area (Å²) in [4.78, 5) is 20.1. The van der Waals surface area contributed by atoms with Crippen LogP contribution in [0.15, 0.2) is 53.7 Å². The number of fused-ring (bicyclic) bond motifs is 2. The molecule has 29 heavy (non-hydrogen) atoms. The van der Waals surface area contributed by atoms with Crippen LogP contribution in [-0.2, 0) is 13.1 Å². The van der Waals surface area contributed by atoms with Crippen molar-refractivity contribution < 1.29 is 23.0 Å². The summed E-state index contributed by atoms with van der Waals surface area (Å²) in [6.45, 7) is 2.92. The van der Waals surface area contributed by atoms with Crippen molar-refractivity contribution in [1.29, 1.82) is 0 Å². The molecule has 0 fully saturated rings. The number of ether oxygens (including phenoxy) is 2. The van der Waals surface area contributed by atoms with Crippen LogP contribution in [0.25, 0.3) is 5.69 Å². The van der Waals surface area contributed by atoms with Gasteiger partial charge in [-0.15, -0.1) is 20.1 Å². The fourth-order valence-corrected chi connectivity index (χ4v) is 4.25. The highest BCUT2D eigenvalue weighted by Gasteiger charge is 2.43. The number of thiazole rings is 1. The largest absolute Gasteiger partial charge is 0.586 e. The number of alkyl halides is 2. The third kappa shape index (κ3) is 3.27. The zero-order valence-corrected chi connectivity index (χ0v) is 16.1. The van der Waals surface area contributed by atoms with Gasteiger partial charge in [0.1, 0.15) is 0 Å². The first-order chi connectivity index (χ1) is 13.9. The Kier molecular flexibility index (Phi) is 3.95. The summed E-state index contributed by atoms with van der Waals surface area (Å²) < 4.78 is 37.2. The second-order valence-electron chi connectivity index (χ2n) is 6.81. The number of hydrogen-bond acceptors (Lipinski definition) is 4. The zero-order chi connectivity index (χ0) is 20.2. The number of hydrogen-bond donors (Lipinski definition) is 0. The fourth-order valence-electron chi connectivity index (χ4n) is 3.43. The fraction of sp³-hybridized carbons (Fsp3) is 0.200. The van der Waals surface area contributed by atoms with Crippen molar-refractivity contribution in [3.05, 3.63) is 69.5 Å². The van der Waals surface area contributed by atoms with Gasteiger partial charge >= 0.3 is 12.3 Å². The molecule has 0 radical (unpaired) electrons. The van der Waals surface area contributed by atoms with Crippen molar-refractivity contribution in [3.63, 3.8) is 0 Å². The van der Waals surface area contributed by atoms with Gasteiger partial charge in [0.15, 0.2) is 16.3 Å². The summed E-state index contributed by atoms with van der Waals surface area (Å²) in [5.41, 5.74) is 2.77. The monoisotopic (exact) mass is 415 g/mol.